The molecule has 1 aromatic carbocycles. The number of nitrogens with one attached hydrogen (secondary N) is 2. The molecular formula is C26H37N5. The summed E-state index contributed by atoms with van der Waals surface area (Å²) in [5, 5.41) is 7.55. The third-order valence-electron chi connectivity index (χ3n) is 8.14. The SMILES string of the molecule is CCC(CC)NCc1cccc2c1C1(CCN(c3ncnc4c3C(C)CC4)CC1)CN2. The largest absolute Gasteiger partial charge is 0.384 e. The standard InChI is InChI=1S/C26H37N5/c1-4-20(5-2)27-15-19-7-6-8-22-24(19)26(16-28-22)11-13-31(14-12-26)25-23-18(3)9-10-21(23)29-17-30-25/h6-8,17-18,20,27-28H,4-5,9-16H2,1-3H3. The molecule has 1 spiro atoms. The van der Waals surface area contributed by atoms with Crippen LogP contribution in [0.25, 0.3) is 0 Å². The van der Waals surface area contributed by atoms with E-state index in [9.17, 15) is 0 Å². The van der Waals surface area contributed by atoms with E-state index < -0.39 is 0 Å². The Morgan fingerprint density at radius 1 is 1.19 bits per heavy atom. The van der Waals surface area contributed by atoms with E-state index in [2.05, 4.69) is 59.5 Å². The minimum absolute atomic E-state index is 0.250. The van der Waals surface area contributed by atoms with Gasteiger partial charge in [-0.1, -0.05) is 32.9 Å². The molecule has 1 saturated heterocycles. The molecule has 166 valence electrons. The normalized spacial score (nSPS) is 21.4. The fourth-order valence-electron chi connectivity index (χ4n) is 6.15. The fraction of sp³-hybridized carbons (Fsp3) is 0.615. The third-order valence-corrected chi connectivity index (χ3v) is 8.14. The van der Waals surface area contributed by atoms with Crippen molar-refractivity contribution in [3.05, 3.63) is 46.9 Å². The Hall–Kier alpha value is -2.14. The van der Waals surface area contributed by atoms with E-state index in [1.807, 2.05) is 0 Å². The molecule has 1 aromatic heterocycles. The highest BCUT2D eigenvalue weighted by Crippen LogP contribution is 2.47. The molecule has 3 aliphatic rings. The van der Waals surface area contributed by atoms with Gasteiger partial charge in [0.15, 0.2) is 0 Å². The van der Waals surface area contributed by atoms with Gasteiger partial charge in [0.25, 0.3) is 0 Å². The van der Waals surface area contributed by atoms with Gasteiger partial charge in [0.1, 0.15) is 12.1 Å². The lowest BCUT2D eigenvalue weighted by Gasteiger charge is -2.41. The monoisotopic (exact) mass is 419 g/mol. The molecule has 2 aliphatic heterocycles. The number of hydrogen-bond donors (Lipinski definition) is 2. The van der Waals surface area contributed by atoms with Crippen molar-refractivity contribution in [3.8, 4) is 0 Å². The predicted molar refractivity (Wildman–Crippen MR) is 128 cm³/mol. The van der Waals surface area contributed by atoms with Gasteiger partial charge in [-0.25, -0.2) is 9.97 Å². The minimum Gasteiger partial charge on any atom is -0.384 e. The highest BCUT2D eigenvalue weighted by Gasteiger charge is 2.43. The smallest absolute Gasteiger partial charge is 0.135 e. The summed E-state index contributed by atoms with van der Waals surface area (Å²) >= 11 is 0. The lowest BCUT2D eigenvalue weighted by molar-refractivity contribution is 0.356. The maximum absolute atomic E-state index is 4.76. The maximum Gasteiger partial charge on any atom is 0.135 e. The second-order valence-corrected chi connectivity index (χ2v) is 9.85. The number of anilines is 2. The van der Waals surface area contributed by atoms with Crippen LogP contribution in [-0.2, 0) is 18.4 Å². The van der Waals surface area contributed by atoms with Gasteiger partial charge < -0.3 is 15.5 Å². The summed E-state index contributed by atoms with van der Waals surface area (Å²) in [7, 11) is 0. The molecule has 0 bridgehead atoms. The van der Waals surface area contributed by atoms with Crippen LogP contribution in [0.3, 0.4) is 0 Å². The third kappa shape index (κ3) is 3.61. The van der Waals surface area contributed by atoms with Gasteiger partial charge >= 0.3 is 0 Å². The zero-order chi connectivity index (χ0) is 21.4. The molecule has 1 atom stereocenters. The van der Waals surface area contributed by atoms with E-state index in [1.54, 1.807) is 11.9 Å². The first-order chi connectivity index (χ1) is 15.1. The molecule has 31 heavy (non-hydrogen) atoms. The number of nitrogens with zero attached hydrogens (tertiary/aromatic N) is 3. The Morgan fingerprint density at radius 2 is 2.00 bits per heavy atom. The molecular weight excluding hydrogens is 382 g/mol. The van der Waals surface area contributed by atoms with E-state index in [0.29, 0.717) is 12.0 Å². The molecule has 5 rings (SSSR count). The Balaban J connectivity index is 1.37. The van der Waals surface area contributed by atoms with Crippen molar-refractivity contribution in [2.24, 2.45) is 0 Å². The van der Waals surface area contributed by atoms with Crippen molar-refractivity contribution in [3.63, 3.8) is 0 Å². The first-order valence-electron chi connectivity index (χ1n) is 12.3. The van der Waals surface area contributed by atoms with Crippen LogP contribution < -0.4 is 15.5 Å². The van der Waals surface area contributed by atoms with Crippen molar-refractivity contribution < 1.29 is 0 Å². The van der Waals surface area contributed by atoms with Gasteiger partial charge in [0, 0.05) is 54.6 Å². The topological polar surface area (TPSA) is 53.1 Å². The van der Waals surface area contributed by atoms with E-state index in [4.69, 9.17) is 4.98 Å². The summed E-state index contributed by atoms with van der Waals surface area (Å²) in [6, 6.07) is 7.43. The number of rotatable bonds is 6. The molecule has 1 aliphatic carbocycles. The van der Waals surface area contributed by atoms with Crippen LogP contribution >= 0.6 is 0 Å². The van der Waals surface area contributed by atoms with Gasteiger partial charge in [0.2, 0.25) is 0 Å². The summed E-state index contributed by atoms with van der Waals surface area (Å²) < 4.78 is 0. The van der Waals surface area contributed by atoms with Crippen molar-refractivity contribution >= 4 is 11.5 Å². The Morgan fingerprint density at radius 3 is 2.77 bits per heavy atom. The van der Waals surface area contributed by atoms with Crippen molar-refractivity contribution in [2.45, 2.75) is 83.2 Å². The van der Waals surface area contributed by atoms with Gasteiger partial charge in [-0.2, -0.15) is 0 Å². The van der Waals surface area contributed by atoms with Crippen LogP contribution in [0, 0.1) is 0 Å². The van der Waals surface area contributed by atoms with Gasteiger partial charge in [-0.3, -0.25) is 0 Å². The van der Waals surface area contributed by atoms with Gasteiger partial charge in [0.05, 0.1) is 0 Å². The summed E-state index contributed by atoms with van der Waals surface area (Å²) in [6.07, 6.45) is 8.84. The second-order valence-electron chi connectivity index (χ2n) is 9.85. The molecule has 2 aromatic rings. The Bertz CT molecular complexity index is 927. The number of hydrogen-bond acceptors (Lipinski definition) is 5. The zero-order valence-electron chi connectivity index (χ0n) is 19.4. The minimum atomic E-state index is 0.250. The molecule has 2 N–H and O–H groups in total. The van der Waals surface area contributed by atoms with E-state index in [1.165, 1.54) is 60.4 Å². The second kappa shape index (κ2) is 8.42. The van der Waals surface area contributed by atoms with E-state index >= 15 is 0 Å². The highest BCUT2D eigenvalue weighted by atomic mass is 15.2. The number of fused-ring (bicyclic) bond motifs is 3. The summed E-state index contributed by atoms with van der Waals surface area (Å²) in [4.78, 5) is 11.9. The zero-order valence-corrected chi connectivity index (χ0v) is 19.4. The highest BCUT2D eigenvalue weighted by molar-refractivity contribution is 5.64. The first-order valence-corrected chi connectivity index (χ1v) is 12.3. The number of aryl methyl sites for hydroxylation is 1. The van der Waals surface area contributed by atoms with Crippen LogP contribution in [0.15, 0.2) is 24.5 Å². The molecule has 5 nitrogen and oxygen atoms in total. The lowest BCUT2D eigenvalue weighted by Crippen LogP contribution is -2.45. The van der Waals surface area contributed by atoms with Crippen molar-refractivity contribution in [2.75, 3.05) is 29.9 Å². The molecule has 0 saturated carbocycles. The summed E-state index contributed by atoms with van der Waals surface area (Å²) in [5.74, 6) is 1.79. The van der Waals surface area contributed by atoms with Crippen LogP contribution in [0.4, 0.5) is 11.5 Å². The van der Waals surface area contributed by atoms with Crippen LogP contribution in [-0.4, -0.2) is 35.6 Å². The first kappa shape index (κ1) is 20.7. The molecule has 1 unspecified atom stereocenters. The molecule has 0 amide bonds. The molecule has 3 heterocycles. The maximum atomic E-state index is 4.76. The van der Waals surface area contributed by atoms with E-state index in [0.717, 1.165) is 32.6 Å². The lowest BCUT2D eigenvalue weighted by atomic mass is 9.72. The van der Waals surface area contributed by atoms with Crippen LogP contribution in [0.5, 0.6) is 0 Å². The Kier molecular flexibility index (Phi) is 5.63. The fourth-order valence-corrected chi connectivity index (χ4v) is 6.15. The summed E-state index contributed by atoms with van der Waals surface area (Å²) in [5.41, 5.74) is 7.36. The van der Waals surface area contributed by atoms with Crippen LogP contribution in [0.1, 0.15) is 81.2 Å². The summed E-state index contributed by atoms with van der Waals surface area (Å²) in [6.45, 7) is 11.1. The number of aromatic nitrogens is 2. The molecule has 0 radical (unpaired) electrons. The van der Waals surface area contributed by atoms with Gasteiger partial charge in [-0.05, 0) is 61.6 Å². The number of benzene rings is 1. The number of piperidine rings is 1. The average molecular weight is 420 g/mol. The quantitative estimate of drug-likeness (QED) is 0.706. The average Bonchev–Trinajstić information content (AvgIpc) is 3.37. The molecule has 5 heteroatoms. The van der Waals surface area contributed by atoms with Crippen molar-refractivity contribution in [1.29, 1.82) is 0 Å². The molecule has 1 fully saturated rings. The van der Waals surface area contributed by atoms with Crippen LogP contribution in [0.2, 0.25) is 0 Å². The van der Waals surface area contributed by atoms with Gasteiger partial charge in [-0.15, -0.1) is 0 Å². The van der Waals surface area contributed by atoms with Crippen molar-refractivity contribution in [1.82, 2.24) is 15.3 Å². The van der Waals surface area contributed by atoms with E-state index in [-0.39, 0.29) is 5.41 Å². The predicted octanol–water partition coefficient (Wildman–Crippen LogP) is 4.77. The Labute approximate surface area is 187 Å².